The molecule has 4 nitrogen and oxygen atoms in total. The number of nitrogens with zero attached hydrogens (tertiary/aromatic N) is 2. The molecular formula is C17H11ClF4N2O2. The normalized spacial score (nSPS) is 17.6. The zero-order valence-electron chi connectivity index (χ0n) is 13.0. The Morgan fingerprint density at radius 2 is 1.85 bits per heavy atom. The first kappa shape index (κ1) is 18.3. The number of hydrogen-bond donors (Lipinski definition) is 1. The van der Waals surface area contributed by atoms with Crippen molar-refractivity contribution < 1.29 is 27.5 Å². The van der Waals surface area contributed by atoms with Crippen LogP contribution in [-0.2, 0) is 4.79 Å². The summed E-state index contributed by atoms with van der Waals surface area (Å²) in [4.78, 5) is 16.4. The van der Waals surface area contributed by atoms with Crippen LogP contribution in [0.5, 0.6) is 0 Å². The Hall–Kier alpha value is -2.45. The summed E-state index contributed by atoms with van der Waals surface area (Å²) in [5.41, 5.74) is -0.394. The lowest BCUT2D eigenvalue weighted by Crippen LogP contribution is -2.43. The number of aliphatic hydroxyl groups excluding tert-OH is 1. The summed E-state index contributed by atoms with van der Waals surface area (Å²) < 4.78 is 53.0. The van der Waals surface area contributed by atoms with Crippen LogP contribution in [-0.4, -0.2) is 35.7 Å². The molecule has 26 heavy (non-hydrogen) atoms. The van der Waals surface area contributed by atoms with Gasteiger partial charge >= 0.3 is 6.18 Å². The molecule has 1 heterocycles. The van der Waals surface area contributed by atoms with Crippen molar-refractivity contribution in [1.82, 2.24) is 0 Å². The molecule has 1 atom stereocenters. The summed E-state index contributed by atoms with van der Waals surface area (Å²) in [5.74, 6) is -1.97. The van der Waals surface area contributed by atoms with Gasteiger partial charge < -0.3 is 5.11 Å². The van der Waals surface area contributed by atoms with Crippen molar-refractivity contribution in [2.24, 2.45) is 4.99 Å². The van der Waals surface area contributed by atoms with E-state index in [1.165, 1.54) is 36.4 Å². The number of benzodiazepines with no additional fused rings is 1. The standard InChI is InChI=1S/C17H11ClF4N2O2/c18-9-5-6-13-11(7-9)14(10-3-1-2-4-12(10)19)23-15(25)16(26)24(13)8-17(20,21)22/h1-7,15,25H,8H2. The monoisotopic (exact) mass is 386 g/mol. The van der Waals surface area contributed by atoms with E-state index in [1.807, 2.05) is 0 Å². The average Bonchev–Trinajstić information content (AvgIpc) is 2.65. The van der Waals surface area contributed by atoms with Gasteiger partial charge in [0, 0.05) is 16.1 Å². The SMILES string of the molecule is O=C1C(O)N=C(c2ccccc2F)c2cc(Cl)ccc2N1CC(F)(F)F. The molecule has 1 aliphatic heterocycles. The third-order valence-corrected chi connectivity index (χ3v) is 3.94. The van der Waals surface area contributed by atoms with Gasteiger partial charge in [0.1, 0.15) is 12.4 Å². The van der Waals surface area contributed by atoms with Crippen molar-refractivity contribution in [1.29, 1.82) is 0 Å². The fourth-order valence-electron chi connectivity index (χ4n) is 2.65. The average molecular weight is 387 g/mol. The number of alkyl halides is 3. The number of fused-ring (bicyclic) bond motifs is 1. The third kappa shape index (κ3) is 3.56. The quantitative estimate of drug-likeness (QED) is 0.803. The Morgan fingerprint density at radius 3 is 2.50 bits per heavy atom. The number of aliphatic hydroxyl groups is 1. The number of amides is 1. The first-order valence-corrected chi connectivity index (χ1v) is 7.74. The predicted octanol–water partition coefficient (Wildman–Crippen LogP) is 3.54. The second-order valence-corrected chi connectivity index (χ2v) is 5.97. The molecule has 0 aliphatic carbocycles. The van der Waals surface area contributed by atoms with Gasteiger partial charge in [0.15, 0.2) is 0 Å². The Morgan fingerprint density at radius 1 is 1.15 bits per heavy atom. The van der Waals surface area contributed by atoms with Crippen LogP contribution in [0.15, 0.2) is 47.5 Å². The van der Waals surface area contributed by atoms with Gasteiger partial charge in [-0.25, -0.2) is 9.38 Å². The summed E-state index contributed by atoms with van der Waals surface area (Å²) in [7, 11) is 0. The van der Waals surface area contributed by atoms with Gasteiger partial charge in [0.2, 0.25) is 6.23 Å². The van der Waals surface area contributed by atoms with Gasteiger partial charge in [-0.1, -0.05) is 23.7 Å². The van der Waals surface area contributed by atoms with E-state index in [1.54, 1.807) is 0 Å². The number of anilines is 1. The molecule has 0 fully saturated rings. The second kappa shape index (κ2) is 6.69. The summed E-state index contributed by atoms with van der Waals surface area (Å²) in [6.07, 6.45) is -6.83. The van der Waals surface area contributed by atoms with Gasteiger partial charge in [-0.15, -0.1) is 0 Å². The molecule has 3 rings (SSSR count). The van der Waals surface area contributed by atoms with E-state index in [2.05, 4.69) is 4.99 Å². The van der Waals surface area contributed by atoms with Gasteiger partial charge in [0.25, 0.3) is 5.91 Å². The van der Waals surface area contributed by atoms with Crippen LogP contribution in [0.4, 0.5) is 23.2 Å². The fourth-order valence-corrected chi connectivity index (χ4v) is 2.82. The number of aliphatic imine (C=N–C) groups is 1. The highest BCUT2D eigenvalue weighted by Crippen LogP contribution is 2.33. The van der Waals surface area contributed by atoms with E-state index in [-0.39, 0.29) is 27.5 Å². The van der Waals surface area contributed by atoms with Crippen molar-refractivity contribution in [3.8, 4) is 0 Å². The zero-order valence-corrected chi connectivity index (χ0v) is 13.7. The molecule has 1 unspecified atom stereocenters. The molecule has 9 heteroatoms. The minimum absolute atomic E-state index is 0.0109. The Kier molecular flexibility index (Phi) is 4.72. The van der Waals surface area contributed by atoms with E-state index in [0.29, 0.717) is 4.90 Å². The highest BCUT2D eigenvalue weighted by Gasteiger charge is 2.39. The van der Waals surface area contributed by atoms with E-state index in [4.69, 9.17) is 11.6 Å². The predicted molar refractivity (Wildman–Crippen MR) is 87.9 cm³/mol. The lowest BCUT2D eigenvalue weighted by atomic mass is 9.99. The highest BCUT2D eigenvalue weighted by atomic mass is 35.5. The minimum Gasteiger partial charge on any atom is -0.364 e. The summed E-state index contributed by atoms with van der Waals surface area (Å²) in [6.45, 7) is -1.63. The van der Waals surface area contributed by atoms with Crippen LogP contribution >= 0.6 is 11.6 Å². The maximum Gasteiger partial charge on any atom is 0.406 e. The number of rotatable bonds is 2. The molecule has 1 aliphatic rings. The van der Waals surface area contributed by atoms with E-state index in [9.17, 15) is 27.5 Å². The molecular weight excluding hydrogens is 376 g/mol. The Bertz CT molecular complexity index is 899. The van der Waals surface area contributed by atoms with E-state index in [0.717, 1.165) is 6.07 Å². The molecule has 0 bridgehead atoms. The summed E-state index contributed by atoms with van der Waals surface area (Å²) >= 11 is 5.94. The van der Waals surface area contributed by atoms with Crippen LogP contribution in [0.25, 0.3) is 0 Å². The van der Waals surface area contributed by atoms with Crippen molar-refractivity contribution in [2.75, 3.05) is 11.4 Å². The number of hydrogen-bond acceptors (Lipinski definition) is 3. The number of carbonyl (C=O) groups excluding carboxylic acids is 1. The van der Waals surface area contributed by atoms with E-state index >= 15 is 0 Å². The lowest BCUT2D eigenvalue weighted by molar-refractivity contribution is -0.137. The second-order valence-electron chi connectivity index (χ2n) is 5.53. The zero-order chi connectivity index (χ0) is 19.1. The van der Waals surface area contributed by atoms with Crippen LogP contribution in [0.3, 0.4) is 0 Å². The molecule has 0 aromatic heterocycles. The highest BCUT2D eigenvalue weighted by molar-refractivity contribution is 6.32. The first-order valence-electron chi connectivity index (χ1n) is 7.36. The molecule has 0 saturated heterocycles. The molecule has 0 spiro atoms. The van der Waals surface area contributed by atoms with Crippen molar-refractivity contribution in [3.63, 3.8) is 0 Å². The van der Waals surface area contributed by atoms with Crippen molar-refractivity contribution in [2.45, 2.75) is 12.4 Å². The molecule has 136 valence electrons. The Labute approximate surface area is 150 Å². The number of carbonyl (C=O) groups is 1. The van der Waals surface area contributed by atoms with Gasteiger partial charge in [-0.3, -0.25) is 9.69 Å². The summed E-state index contributed by atoms with van der Waals surface area (Å²) in [6, 6.07) is 9.18. The fraction of sp³-hybridized carbons (Fsp3) is 0.176. The number of benzene rings is 2. The largest absolute Gasteiger partial charge is 0.406 e. The van der Waals surface area contributed by atoms with Crippen molar-refractivity contribution in [3.05, 3.63) is 64.4 Å². The summed E-state index contributed by atoms with van der Waals surface area (Å²) in [5, 5.41) is 10.1. The molecule has 1 amide bonds. The molecule has 0 radical (unpaired) electrons. The van der Waals surface area contributed by atoms with Gasteiger partial charge in [0.05, 0.1) is 11.4 Å². The molecule has 1 N–H and O–H groups in total. The Balaban J connectivity index is 2.25. The first-order chi connectivity index (χ1) is 12.2. The number of halogens is 5. The van der Waals surface area contributed by atoms with Crippen LogP contribution < -0.4 is 4.90 Å². The minimum atomic E-state index is -4.71. The maximum atomic E-state index is 14.2. The topological polar surface area (TPSA) is 52.9 Å². The van der Waals surface area contributed by atoms with Crippen LogP contribution in [0, 0.1) is 5.82 Å². The van der Waals surface area contributed by atoms with Crippen LogP contribution in [0.2, 0.25) is 5.02 Å². The van der Waals surface area contributed by atoms with Gasteiger partial charge in [-0.05, 0) is 30.3 Å². The molecule has 2 aromatic carbocycles. The smallest absolute Gasteiger partial charge is 0.364 e. The molecule has 2 aromatic rings. The van der Waals surface area contributed by atoms with Crippen molar-refractivity contribution >= 4 is 28.9 Å². The van der Waals surface area contributed by atoms with Crippen LogP contribution in [0.1, 0.15) is 11.1 Å². The van der Waals surface area contributed by atoms with Gasteiger partial charge in [-0.2, -0.15) is 13.2 Å². The molecule has 0 saturated carbocycles. The third-order valence-electron chi connectivity index (χ3n) is 3.71. The maximum absolute atomic E-state index is 14.2. The van der Waals surface area contributed by atoms with E-state index < -0.39 is 30.7 Å². The lowest BCUT2D eigenvalue weighted by Gasteiger charge is -2.25.